The van der Waals surface area contributed by atoms with Crippen LogP contribution >= 0.6 is 0 Å². The number of carboxylic acids is 4. The summed E-state index contributed by atoms with van der Waals surface area (Å²) in [5.41, 5.74) is 6.50. The van der Waals surface area contributed by atoms with Crippen LogP contribution in [0.4, 0.5) is 5.69 Å². The summed E-state index contributed by atoms with van der Waals surface area (Å²) in [7, 11) is 0. The molecule has 1 aromatic carbocycles. The topological polar surface area (TPSA) is 340 Å². The fraction of sp³-hybridized carbons (Fsp3) is 0.517. The van der Waals surface area contributed by atoms with Crippen LogP contribution in [0.2, 0.25) is 0 Å². The number of nitrogens with two attached hydrogens (primary N) is 1. The van der Waals surface area contributed by atoms with Gasteiger partial charge in [0, 0.05) is 49.6 Å². The highest BCUT2D eigenvalue weighted by atomic mass is 16.4. The summed E-state index contributed by atoms with van der Waals surface area (Å²) in [5.74, 6) is -8.41. The molecule has 2 saturated heterocycles. The van der Waals surface area contributed by atoms with E-state index < -0.39 is 111 Å². The minimum atomic E-state index is -1.58. The van der Waals surface area contributed by atoms with Gasteiger partial charge in [-0.1, -0.05) is 0 Å². The van der Waals surface area contributed by atoms with Crippen molar-refractivity contribution < 1.29 is 58.8 Å². The van der Waals surface area contributed by atoms with Crippen molar-refractivity contribution in [2.45, 2.75) is 81.2 Å². The third-order valence-electron chi connectivity index (χ3n) is 7.81. The van der Waals surface area contributed by atoms with Gasteiger partial charge < -0.3 is 47.0 Å². The van der Waals surface area contributed by atoms with E-state index in [1.54, 1.807) is 12.1 Å². The predicted octanol–water partition coefficient (Wildman–Crippen LogP) is -3.94. The van der Waals surface area contributed by atoms with Crippen molar-refractivity contribution in [3.8, 4) is 0 Å². The number of carbonyl (C=O) groups is 8. The summed E-state index contributed by atoms with van der Waals surface area (Å²) in [6.07, 6.45) is -3.73. The number of fused-ring (bicyclic) bond motifs is 1. The van der Waals surface area contributed by atoms with Gasteiger partial charge in [-0.15, -0.1) is 0 Å². The van der Waals surface area contributed by atoms with Crippen molar-refractivity contribution in [2.75, 3.05) is 18.4 Å². The Morgan fingerprint density at radius 3 is 1.80 bits per heavy atom. The van der Waals surface area contributed by atoms with Crippen LogP contribution in [0.5, 0.6) is 0 Å². The normalized spacial score (nSPS) is 21.6. The second-order valence-corrected chi connectivity index (χ2v) is 11.6. The average Bonchev–Trinajstić information content (AvgIpc) is 3.05. The van der Waals surface area contributed by atoms with E-state index in [4.69, 9.17) is 15.9 Å². The van der Waals surface area contributed by atoms with Gasteiger partial charge in [0.05, 0.1) is 6.17 Å². The lowest BCUT2D eigenvalue weighted by atomic mass is 10.1. The molecule has 2 aliphatic heterocycles. The molecular weight excluding hydrogens is 666 g/mol. The molecule has 2 fully saturated rings. The Hall–Kier alpha value is -5.38. The molecule has 21 heteroatoms. The van der Waals surface area contributed by atoms with Crippen LogP contribution in [0.25, 0.3) is 0 Å². The number of hydrogen-bond acceptors (Lipinski definition) is 13. The highest BCUT2D eigenvalue weighted by Gasteiger charge is 2.39. The summed E-state index contributed by atoms with van der Waals surface area (Å²) in [6, 6.07) is 0.906. The highest BCUT2D eigenvalue weighted by molar-refractivity contribution is 5.97. The standard InChI is InChI=1S/C29H41N9O12/c30-29-37-23-22(25(44)38-29)33-15(12-32-23)11-31-14-3-1-13(2-4-14)24(43)36-18(28(49)50)6-9-20(40)34-16(26(45)46)5-8-19(39)35-17(27(47)48)7-10-21(41)42/h1-4,15-18,22-23,29,31-33,37H,5-12,30H2,(H,34,40)(H,35,39)(H,36,43)(H,38,44)(H,41,42)(H,45,46)(H,47,48)(H,49,50)/t15?,16-,17-,18-,22?,23?,29?/m0/s1. The third-order valence-corrected chi connectivity index (χ3v) is 7.81. The molecule has 0 aromatic heterocycles. The zero-order valence-electron chi connectivity index (χ0n) is 26.6. The lowest BCUT2D eigenvalue weighted by Crippen LogP contribution is -2.78. The molecule has 0 aliphatic carbocycles. The first-order chi connectivity index (χ1) is 23.6. The summed E-state index contributed by atoms with van der Waals surface area (Å²) in [6.45, 7) is 0.969. The van der Waals surface area contributed by atoms with Gasteiger partial charge in [-0.3, -0.25) is 45.7 Å². The van der Waals surface area contributed by atoms with Crippen molar-refractivity contribution in [2.24, 2.45) is 5.73 Å². The third kappa shape index (κ3) is 12.3. The SMILES string of the molecule is NC1NC(=O)C2NC(CNc3ccc(C(=O)N[C@@H](CCC(=O)N[C@@H](CCC(=O)N[C@@H](CCC(=O)O)C(=O)O)C(=O)O)C(=O)O)cc3)CNC2N1. The van der Waals surface area contributed by atoms with Gasteiger partial charge in [0.2, 0.25) is 17.7 Å². The predicted molar refractivity (Wildman–Crippen MR) is 170 cm³/mol. The van der Waals surface area contributed by atoms with Crippen molar-refractivity contribution in [1.82, 2.24) is 37.2 Å². The molecule has 4 unspecified atom stereocenters. The zero-order valence-corrected chi connectivity index (χ0v) is 26.6. The highest BCUT2D eigenvalue weighted by Crippen LogP contribution is 2.12. The smallest absolute Gasteiger partial charge is 0.326 e. The number of carbonyl (C=O) groups excluding carboxylic acids is 4. The summed E-state index contributed by atoms with van der Waals surface area (Å²) < 4.78 is 0. The summed E-state index contributed by atoms with van der Waals surface area (Å²) >= 11 is 0. The average molecular weight is 708 g/mol. The van der Waals surface area contributed by atoms with Crippen LogP contribution in [0.15, 0.2) is 24.3 Å². The molecule has 1 aromatic rings. The van der Waals surface area contributed by atoms with Crippen molar-refractivity contribution in [1.29, 1.82) is 0 Å². The Kier molecular flexibility index (Phi) is 14.4. The lowest BCUT2D eigenvalue weighted by molar-refractivity contribution is -0.144. The molecule has 4 amide bonds. The van der Waals surface area contributed by atoms with Crippen LogP contribution in [0, 0.1) is 0 Å². The van der Waals surface area contributed by atoms with E-state index in [0.29, 0.717) is 18.8 Å². The van der Waals surface area contributed by atoms with Gasteiger partial charge in [0.25, 0.3) is 5.91 Å². The summed E-state index contributed by atoms with van der Waals surface area (Å²) in [5, 5.41) is 58.8. The molecule has 2 aliphatic rings. The number of amides is 4. The largest absolute Gasteiger partial charge is 0.481 e. The molecule has 0 spiro atoms. The van der Waals surface area contributed by atoms with E-state index in [1.807, 2.05) is 0 Å². The van der Waals surface area contributed by atoms with Gasteiger partial charge in [0.15, 0.2) is 0 Å². The van der Waals surface area contributed by atoms with E-state index in [1.165, 1.54) is 12.1 Å². The first-order valence-electron chi connectivity index (χ1n) is 15.6. The van der Waals surface area contributed by atoms with Crippen molar-refractivity contribution in [3.63, 3.8) is 0 Å². The second-order valence-electron chi connectivity index (χ2n) is 11.6. The molecule has 0 saturated carbocycles. The van der Waals surface area contributed by atoms with Gasteiger partial charge in [0.1, 0.15) is 30.5 Å². The molecule has 7 atom stereocenters. The van der Waals surface area contributed by atoms with E-state index >= 15 is 0 Å². The number of piperazine rings is 1. The maximum atomic E-state index is 12.8. The molecule has 2 heterocycles. The number of aliphatic carboxylic acids is 4. The lowest BCUT2D eigenvalue weighted by Gasteiger charge is -2.42. The number of anilines is 1. The first-order valence-corrected chi connectivity index (χ1v) is 15.6. The van der Waals surface area contributed by atoms with Crippen LogP contribution < -0.4 is 48.3 Å². The minimum absolute atomic E-state index is 0.117. The van der Waals surface area contributed by atoms with Crippen LogP contribution in [-0.4, -0.2) is 124 Å². The number of carboxylic acid groups (broad SMARTS) is 4. The number of rotatable bonds is 19. The van der Waals surface area contributed by atoms with Gasteiger partial charge in [-0.2, -0.15) is 0 Å². The molecule has 0 radical (unpaired) electrons. The number of benzene rings is 1. The van der Waals surface area contributed by atoms with Crippen LogP contribution in [0.3, 0.4) is 0 Å². The molecular formula is C29H41N9O12. The Balaban J connectivity index is 1.44. The quantitative estimate of drug-likeness (QED) is 0.0652. The molecule has 0 bridgehead atoms. The van der Waals surface area contributed by atoms with Crippen LogP contribution in [-0.2, 0) is 33.6 Å². The Bertz CT molecular complexity index is 1440. The molecule has 14 N–H and O–H groups in total. The van der Waals surface area contributed by atoms with E-state index in [0.717, 1.165) is 0 Å². The Morgan fingerprint density at radius 2 is 1.28 bits per heavy atom. The monoisotopic (exact) mass is 707 g/mol. The Labute approximate surface area is 284 Å². The molecule has 3 rings (SSSR count). The first kappa shape index (κ1) is 39.1. The molecule has 21 nitrogen and oxygen atoms in total. The van der Waals surface area contributed by atoms with Crippen LogP contribution in [0.1, 0.15) is 48.9 Å². The van der Waals surface area contributed by atoms with E-state index in [9.17, 15) is 48.6 Å². The van der Waals surface area contributed by atoms with Crippen molar-refractivity contribution in [3.05, 3.63) is 29.8 Å². The fourth-order valence-electron chi connectivity index (χ4n) is 5.13. The van der Waals surface area contributed by atoms with E-state index in [2.05, 4.69) is 42.5 Å². The maximum Gasteiger partial charge on any atom is 0.326 e. The second kappa shape index (κ2) is 18.4. The molecule has 274 valence electrons. The van der Waals surface area contributed by atoms with Gasteiger partial charge >= 0.3 is 23.9 Å². The van der Waals surface area contributed by atoms with Gasteiger partial charge in [-0.25, -0.2) is 14.4 Å². The van der Waals surface area contributed by atoms with E-state index in [-0.39, 0.29) is 23.7 Å². The fourth-order valence-corrected chi connectivity index (χ4v) is 5.13. The zero-order chi connectivity index (χ0) is 37.0. The Morgan fingerprint density at radius 1 is 0.760 bits per heavy atom. The maximum absolute atomic E-state index is 12.8. The number of nitrogens with one attached hydrogen (secondary N) is 8. The van der Waals surface area contributed by atoms with Gasteiger partial charge in [-0.05, 0) is 43.5 Å². The minimum Gasteiger partial charge on any atom is -0.481 e. The molecule has 50 heavy (non-hydrogen) atoms. The van der Waals surface area contributed by atoms with Crippen molar-refractivity contribution >= 4 is 53.2 Å². The summed E-state index contributed by atoms with van der Waals surface area (Å²) in [4.78, 5) is 95.0. The number of hydrogen-bond donors (Lipinski definition) is 13.